The third kappa shape index (κ3) is 1.86. The summed E-state index contributed by atoms with van der Waals surface area (Å²) in [7, 11) is 0. The summed E-state index contributed by atoms with van der Waals surface area (Å²) in [6.07, 6.45) is 0.987. The summed E-state index contributed by atoms with van der Waals surface area (Å²) in [4.78, 5) is 11.2. The van der Waals surface area contributed by atoms with E-state index in [1.54, 1.807) is 0 Å². The number of benzene rings is 1. The molecule has 0 aromatic heterocycles. The molecule has 1 aromatic carbocycles. The number of fused-ring (bicyclic) bond motifs is 1. The van der Waals surface area contributed by atoms with Gasteiger partial charge in [-0.15, -0.1) is 0 Å². The lowest BCUT2D eigenvalue weighted by molar-refractivity contribution is 0.112. The number of rotatable bonds is 1. The van der Waals surface area contributed by atoms with Gasteiger partial charge in [-0.2, -0.15) is 0 Å². The first kappa shape index (κ1) is 14.3. The zero-order valence-corrected chi connectivity index (χ0v) is 13.3. The van der Waals surface area contributed by atoms with Gasteiger partial charge >= 0.3 is 0 Å². The van der Waals surface area contributed by atoms with Crippen LogP contribution < -0.4 is 0 Å². The van der Waals surface area contributed by atoms with E-state index in [4.69, 9.17) is 0 Å². The summed E-state index contributed by atoms with van der Waals surface area (Å²) < 4.78 is 0. The first-order chi connectivity index (χ1) is 8.64. The maximum Gasteiger partial charge on any atom is 0.150 e. The van der Waals surface area contributed by atoms with Gasteiger partial charge in [0, 0.05) is 5.56 Å². The van der Waals surface area contributed by atoms with Crippen molar-refractivity contribution in [3.05, 3.63) is 34.4 Å². The highest BCUT2D eigenvalue weighted by Gasteiger charge is 2.47. The van der Waals surface area contributed by atoms with Crippen LogP contribution in [0.5, 0.6) is 0 Å². The van der Waals surface area contributed by atoms with Crippen molar-refractivity contribution >= 4 is 6.29 Å². The highest BCUT2D eigenvalue weighted by Crippen LogP contribution is 2.52. The standard InChI is InChI=1S/C18H26O/c1-11-8-15-16(9-14(11)10-19)18(6,7)13(3)12(2)17(15,4)5/h8-10,12-13H,1-7H3/t12-,13-/m0/s1. The lowest BCUT2D eigenvalue weighted by Gasteiger charge is -2.51. The van der Waals surface area contributed by atoms with E-state index in [-0.39, 0.29) is 10.8 Å². The highest BCUT2D eigenvalue weighted by atomic mass is 16.1. The Hall–Kier alpha value is -1.11. The third-order valence-corrected chi connectivity index (χ3v) is 5.95. The van der Waals surface area contributed by atoms with Gasteiger partial charge in [-0.1, -0.05) is 47.6 Å². The molecule has 1 aromatic rings. The van der Waals surface area contributed by atoms with Crippen molar-refractivity contribution in [2.24, 2.45) is 11.8 Å². The number of hydrogen-bond acceptors (Lipinski definition) is 1. The van der Waals surface area contributed by atoms with Gasteiger partial charge in [0.2, 0.25) is 0 Å². The van der Waals surface area contributed by atoms with Crippen molar-refractivity contribution in [3.63, 3.8) is 0 Å². The molecule has 0 spiro atoms. The number of hydrogen-bond donors (Lipinski definition) is 0. The molecule has 0 saturated heterocycles. The molecule has 0 saturated carbocycles. The van der Waals surface area contributed by atoms with E-state index in [1.807, 2.05) is 6.92 Å². The second-order valence-electron chi connectivity index (χ2n) is 7.39. The van der Waals surface area contributed by atoms with E-state index in [0.717, 1.165) is 17.4 Å². The Bertz CT molecular complexity index is 523. The van der Waals surface area contributed by atoms with E-state index >= 15 is 0 Å². The SMILES string of the molecule is Cc1cc2c(cc1C=O)C(C)(C)[C@@H](C)[C@H](C)C2(C)C. The van der Waals surface area contributed by atoms with Gasteiger partial charge in [0.15, 0.2) is 0 Å². The van der Waals surface area contributed by atoms with Crippen LogP contribution in [0.25, 0.3) is 0 Å². The number of aldehydes is 1. The van der Waals surface area contributed by atoms with E-state index in [0.29, 0.717) is 11.8 Å². The summed E-state index contributed by atoms with van der Waals surface area (Å²) in [5, 5.41) is 0. The molecular formula is C18H26O. The second-order valence-corrected chi connectivity index (χ2v) is 7.39. The molecule has 1 aliphatic rings. The Balaban J connectivity index is 2.80. The average molecular weight is 258 g/mol. The minimum Gasteiger partial charge on any atom is -0.298 e. The lowest BCUT2D eigenvalue weighted by atomic mass is 9.53. The van der Waals surface area contributed by atoms with E-state index in [9.17, 15) is 4.79 Å². The zero-order chi connectivity index (χ0) is 14.6. The molecule has 0 heterocycles. The van der Waals surface area contributed by atoms with Crippen LogP contribution in [0.15, 0.2) is 12.1 Å². The van der Waals surface area contributed by atoms with Gasteiger partial charge in [0.1, 0.15) is 6.29 Å². The monoisotopic (exact) mass is 258 g/mol. The molecule has 0 unspecified atom stereocenters. The van der Waals surface area contributed by atoms with Gasteiger partial charge in [-0.3, -0.25) is 4.79 Å². The number of aryl methyl sites for hydroxylation is 1. The smallest absolute Gasteiger partial charge is 0.150 e. The van der Waals surface area contributed by atoms with Gasteiger partial charge in [-0.05, 0) is 52.3 Å². The van der Waals surface area contributed by atoms with Gasteiger partial charge in [0.05, 0.1) is 0 Å². The normalized spacial score (nSPS) is 27.7. The first-order valence-corrected chi connectivity index (χ1v) is 7.24. The quantitative estimate of drug-likeness (QED) is 0.670. The summed E-state index contributed by atoms with van der Waals surface area (Å²) in [5.41, 5.74) is 5.00. The number of carbonyl (C=O) groups excluding carboxylic acids is 1. The highest BCUT2D eigenvalue weighted by molar-refractivity contribution is 5.78. The largest absolute Gasteiger partial charge is 0.298 e. The fourth-order valence-corrected chi connectivity index (χ4v) is 3.66. The van der Waals surface area contributed by atoms with Crippen molar-refractivity contribution in [1.82, 2.24) is 0 Å². The summed E-state index contributed by atoms with van der Waals surface area (Å²) in [6, 6.07) is 4.37. The molecule has 104 valence electrons. The van der Waals surface area contributed by atoms with Crippen molar-refractivity contribution in [1.29, 1.82) is 0 Å². The molecule has 0 amide bonds. The molecule has 2 rings (SSSR count). The maximum absolute atomic E-state index is 11.2. The molecule has 19 heavy (non-hydrogen) atoms. The Morgan fingerprint density at radius 1 is 0.947 bits per heavy atom. The third-order valence-electron chi connectivity index (χ3n) is 5.95. The van der Waals surface area contributed by atoms with E-state index in [1.165, 1.54) is 11.1 Å². The van der Waals surface area contributed by atoms with Gasteiger partial charge in [0.25, 0.3) is 0 Å². The van der Waals surface area contributed by atoms with Crippen molar-refractivity contribution < 1.29 is 4.79 Å². The first-order valence-electron chi connectivity index (χ1n) is 7.24. The van der Waals surface area contributed by atoms with E-state index < -0.39 is 0 Å². The topological polar surface area (TPSA) is 17.1 Å². The second kappa shape index (κ2) is 4.19. The fraction of sp³-hybridized carbons (Fsp3) is 0.611. The molecule has 0 N–H and O–H groups in total. The molecule has 2 atom stereocenters. The minimum absolute atomic E-state index is 0.121. The lowest BCUT2D eigenvalue weighted by Crippen LogP contribution is -2.46. The van der Waals surface area contributed by atoms with Crippen LogP contribution in [-0.4, -0.2) is 6.29 Å². The van der Waals surface area contributed by atoms with Gasteiger partial charge in [-0.25, -0.2) is 0 Å². The van der Waals surface area contributed by atoms with Crippen molar-refractivity contribution in [2.75, 3.05) is 0 Å². The van der Waals surface area contributed by atoms with Crippen LogP contribution in [-0.2, 0) is 10.8 Å². The average Bonchev–Trinajstić information content (AvgIpc) is 2.34. The minimum atomic E-state index is 0.121. The molecule has 1 aliphatic carbocycles. The van der Waals surface area contributed by atoms with Gasteiger partial charge < -0.3 is 0 Å². The van der Waals surface area contributed by atoms with Crippen LogP contribution >= 0.6 is 0 Å². The van der Waals surface area contributed by atoms with Crippen molar-refractivity contribution in [2.45, 2.75) is 59.3 Å². The Morgan fingerprint density at radius 3 is 1.79 bits per heavy atom. The van der Waals surface area contributed by atoms with Crippen LogP contribution in [0.4, 0.5) is 0 Å². The molecule has 0 fully saturated rings. The summed E-state index contributed by atoms with van der Waals surface area (Å²) in [6.45, 7) is 16.0. The van der Waals surface area contributed by atoms with Crippen LogP contribution in [0, 0.1) is 18.8 Å². The zero-order valence-electron chi connectivity index (χ0n) is 13.3. The maximum atomic E-state index is 11.2. The van der Waals surface area contributed by atoms with Crippen LogP contribution in [0.2, 0.25) is 0 Å². The van der Waals surface area contributed by atoms with Crippen LogP contribution in [0.3, 0.4) is 0 Å². The predicted octanol–water partition coefficient (Wildman–Crippen LogP) is 4.65. The molecular weight excluding hydrogens is 232 g/mol. The summed E-state index contributed by atoms with van der Waals surface area (Å²) in [5.74, 6) is 1.22. The molecule has 0 bridgehead atoms. The Labute approximate surface area is 117 Å². The Morgan fingerprint density at radius 2 is 1.37 bits per heavy atom. The predicted molar refractivity (Wildman–Crippen MR) is 80.9 cm³/mol. The molecule has 0 aliphatic heterocycles. The summed E-state index contributed by atoms with van der Waals surface area (Å²) >= 11 is 0. The van der Waals surface area contributed by atoms with E-state index in [2.05, 4.69) is 53.7 Å². The molecule has 0 radical (unpaired) electrons. The Kier molecular flexibility index (Phi) is 3.16. The van der Waals surface area contributed by atoms with Crippen LogP contribution in [0.1, 0.15) is 68.6 Å². The number of carbonyl (C=O) groups is 1. The fourth-order valence-electron chi connectivity index (χ4n) is 3.66. The molecule has 1 heteroatoms. The van der Waals surface area contributed by atoms with Crippen molar-refractivity contribution in [3.8, 4) is 0 Å². The molecule has 1 nitrogen and oxygen atoms in total.